The van der Waals surface area contributed by atoms with E-state index in [1.165, 1.54) is 12.4 Å². The highest BCUT2D eigenvalue weighted by Crippen LogP contribution is 2.21. The van der Waals surface area contributed by atoms with Crippen LogP contribution in [0.5, 0.6) is 0 Å². The Balaban J connectivity index is 2.60. The molecule has 1 rings (SSSR count). The third-order valence-electron chi connectivity index (χ3n) is 1.34. The Morgan fingerprint density at radius 2 is 2.23 bits per heavy atom. The van der Waals surface area contributed by atoms with Gasteiger partial charge in [0.25, 0.3) is 0 Å². The lowest BCUT2D eigenvalue weighted by Crippen LogP contribution is -2.32. The number of aliphatic hydroxyl groups is 1. The summed E-state index contributed by atoms with van der Waals surface area (Å²) >= 11 is 3.03. The number of nitrogens with zero attached hydrogens (tertiary/aromatic N) is 2. The van der Waals surface area contributed by atoms with E-state index in [9.17, 15) is 13.2 Å². The topological polar surface area (TPSA) is 38.0 Å². The molecule has 0 saturated heterocycles. The molecule has 13 heavy (non-hydrogen) atoms. The van der Waals surface area contributed by atoms with Crippen LogP contribution in [0.2, 0.25) is 0 Å². The fraction of sp³-hybridized carbons (Fsp3) is 0.500. The van der Waals surface area contributed by atoms with Crippen LogP contribution in [-0.2, 0) is 6.54 Å². The largest absolute Gasteiger partial charge is 0.416 e. The maximum Gasteiger partial charge on any atom is 0.416 e. The number of hydrogen-bond acceptors (Lipinski definition) is 2. The molecule has 0 saturated carbocycles. The van der Waals surface area contributed by atoms with E-state index in [0.29, 0.717) is 4.47 Å². The number of alkyl halides is 3. The van der Waals surface area contributed by atoms with Crippen molar-refractivity contribution in [3.05, 3.63) is 16.9 Å². The summed E-state index contributed by atoms with van der Waals surface area (Å²) in [6.45, 7) is -0.588. The molecule has 0 aliphatic carbocycles. The van der Waals surface area contributed by atoms with Gasteiger partial charge in [-0.1, -0.05) is 0 Å². The standard InChI is InChI=1S/C6H6BrF3N2O/c7-4-1-11-12(2-4)3-5(13)6(8,9)10/h1-2,5,13H,3H2. The maximum atomic E-state index is 11.8. The van der Waals surface area contributed by atoms with Crippen LogP contribution in [-0.4, -0.2) is 27.2 Å². The predicted molar refractivity (Wildman–Crippen MR) is 42.0 cm³/mol. The van der Waals surface area contributed by atoms with Gasteiger partial charge >= 0.3 is 6.18 Å². The van der Waals surface area contributed by atoms with Gasteiger partial charge in [0.2, 0.25) is 0 Å². The van der Waals surface area contributed by atoms with Crippen LogP contribution in [0.3, 0.4) is 0 Å². The minimum Gasteiger partial charge on any atom is -0.382 e. The molecule has 0 aliphatic heterocycles. The average Bonchev–Trinajstić information content (AvgIpc) is 2.33. The van der Waals surface area contributed by atoms with E-state index in [0.717, 1.165) is 4.68 Å². The van der Waals surface area contributed by atoms with E-state index < -0.39 is 18.8 Å². The monoisotopic (exact) mass is 258 g/mol. The summed E-state index contributed by atoms with van der Waals surface area (Å²) < 4.78 is 37.1. The molecule has 3 nitrogen and oxygen atoms in total. The zero-order valence-electron chi connectivity index (χ0n) is 6.29. The van der Waals surface area contributed by atoms with Gasteiger partial charge in [0, 0.05) is 6.20 Å². The van der Waals surface area contributed by atoms with Crippen molar-refractivity contribution >= 4 is 15.9 Å². The zero-order valence-corrected chi connectivity index (χ0v) is 7.88. The van der Waals surface area contributed by atoms with E-state index in [-0.39, 0.29) is 0 Å². The molecular formula is C6H6BrF3N2O. The summed E-state index contributed by atoms with van der Waals surface area (Å²) in [5, 5.41) is 12.2. The van der Waals surface area contributed by atoms with Crippen LogP contribution >= 0.6 is 15.9 Å². The van der Waals surface area contributed by atoms with Crippen molar-refractivity contribution < 1.29 is 18.3 Å². The van der Waals surface area contributed by atoms with Crippen molar-refractivity contribution in [3.63, 3.8) is 0 Å². The van der Waals surface area contributed by atoms with Crippen molar-refractivity contribution in [2.24, 2.45) is 0 Å². The summed E-state index contributed by atoms with van der Waals surface area (Å²) in [4.78, 5) is 0. The van der Waals surface area contributed by atoms with Crippen LogP contribution in [0, 0.1) is 0 Å². The molecule has 0 spiro atoms. The minimum absolute atomic E-state index is 0.571. The van der Waals surface area contributed by atoms with Crippen molar-refractivity contribution in [3.8, 4) is 0 Å². The second-order valence-electron chi connectivity index (χ2n) is 2.44. The van der Waals surface area contributed by atoms with Crippen molar-refractivity contribution in [2.75, 3.05) is 0 Å². The van der Waals surface area contributed by atoms with Crippen LogP contribution in [0.4, 0.5) is 13.2 Å². The van der Waals surface area contributed by atoms with Crippen LogP contribution in [0.1, 0.15) is 0 Å². The van der Waals surface area contributed by atoms with Crippen LogP contribution < -0.4 is 0 Å². The number of hydrogen-bond donors (Lipinski definition) is 1. The molecule has 74 valence electrons. The highest BCUT2D eigenvalue weighted by atomic mass is 79.9. The van der Waals surface area contributed by atoms with Gasteiger partial charge in [0.05, 0.1) is 17.2 Å². The Hall–Kier alpha value is -0.560. The Kier molecular flexibility index (Phi) is 2.97. The molecular weight excluding hydrogens is 253 g/mol. The number of aliphatic hydroxyl groups excluding tert-OH is 1. The third-order valence-corrected chi connectivity index (χ3v) is 1.75. The van der Waals surface area contributed by atoms with Gasteiger partial charge in [-0.25, -0.2) is 0 Å². The first kappa shape index (κ1) is 10.5. The Bertz CT molecular complexity index is 286. The Morgan fingerprint density at radius 3 is 2.62 bits per heavy atom. The summed E-state index contributed by atoms with van der Waals surface area (Å²) in [5.41, 5.74) is 0. The molecule has 1 N–H and O–H groups in total. The Labute approximate surface area is 80.3 Å². The molecule has 0 aliphatic rings. The van der Waals surface area contributed by atoms with Gasteiger partial charge in [-0.3, -0.25) is 4.68 Å². The molecule has 0 fully saturated rings. The minimum atomic E-state index is -4.60. The zero-order chi connectivity index (χ0) is 10.1. The van der Waals surface area contributed by atoms with Gasteiger partial charge < -0.3 is 5.11 Å². The first-order valence-electron chi connectivity index (χ1n) is 3.32. The second-order valence-corrected chi connectivity index (χ2v) is 3.35. The molecule has 0 bridgehead atoms. The number of halogens is 4. The molecule has 1 heterocycles. The third kappa shape index (κ3) is 3.00. The van der Waals surface area contributed by atoms with Crippen molar-refractivity contribution in [2.45, 2.75) is 18.8 Å². The quantitative estimate of drug-likeness (QED) is 0.875. The van der Waals surface area contributed by atoms with E-state index >= 15 is 0 Å². The first-order valence-corrected chi connectivity index (χ1v) is 4.11. The molecule has 0 aromatic carbocycles. The van der Waals surface area contributed by atoms with E-state index in [2.05, 4.69) is 21.0 Å². The fourth-order valence-corrected chi connectivity index (χ4v) is 1.05. The molecule has 1 unspecified atom stereocenters. The highest BCUT2D eigenvalue weighted by molar-refractivity contribution is 9.10. The predicted octanol–water partition coefficient (Wildman–Crippen LogP) is 1.57. The average molecular weight is 259 g/mol. The molecule has 0 amide bonds. The number of aromatic nitrogens is 2. The van der Waals surface area contributed by atoms with Crippen molar-refractivity contribution in [1.82, 2.24) is 9.78 Å². The van der Waals surface area contributed by atoms with E-state index in [4.69, 9.17) is 5.11 Å². The molecule has 1 atom stereocenters. The van der Waals surface area contributed by atoms with Crippen LogP contribution in [0.15, 0.2) is 16.9 Å². The van der Waals surface area contributed by atoms with E-state index in [1.807, 2.05) is 0 Å². The van der Waals surface area contributed by atoms with Gasteiger partial charge in [-0.05, 0) is 15.9 Å². The molecule has 7 heteroatoms. The van der Waals surface area contributed by atoms with Gasteiger partial charge in [-0.2, -0.15) is 18.3 Å². The lowest BCUT2D eigenvalue weighted by atomic mass is 10.3. The smallest absolute Gasteiger partial charge is 0.382 e. The Morgan fingerprint density at radius 1 is 1.62 bits per heavy atom. The summed E-state index contributed by atoms with van der Waals surface area (Å²) in [6.07, 6.45) is -4.27. The normalized spacial score (nSPS) is 14.5. The van der Waals surface area contributed by atoms with E-state index in [1.54, 1.807) is 0 Å². The van der Waals surface area contributed by atoms with Gasteiger partial charge in [0.1, 0.15) is 0 Å². The lowest BCUT2D eigenvalue weighted by Gasteiger charge is -2.13. The maximum absolute atomic E-state index is 11.8. The highest BCUT2D eigenvalue weighted by Gasteiger charge is 2.38. The van der Waals surface area contributed by atoms with Crippen molar-refractivity contribution in [1.29, 1.82) is 0 Å². The SMILES string of the molecule is OC(Cn1cc(Br)cn1)C(F)(F)F. The van der Waals surface area contributed by atoms with Crippen LogP contribution in [0.25, 0.3) is 0 Å². The molecule has 0 radical (unpaired) electrons. The summed E-state index contributed by atoms with van der Waals surface area (Å²) in [6, 6.07) is 0. The molecule has 1 aromatic heterocycles. The summed E-state index contributed by atoms with van der Waals surface area (Å²) in [7, 11) is 0. The molecule has 1 aromatic rings. The second kappa shape index (κ2) is 3.67. The fourth-order valence-electron chi connectivity index (χ4n) is 0.719. The first-order chi connectivity index (χ1) is 5.89. The van der Waals surface area contributed by atoms with Gasteiger partial charge in [-0.15, -0.1) is 0 Å². The number of rotatable bonds is 2. The summed E-state index contributed by atoms with van der Waals surface area (Å²) in [5.74, 6) is 0. The van der Waals surface area contributed by atoms with Gasteiger partial charge in [0.15, 0.2) is 6.10 Å². The lowest BCUT2D eigenvalue weighted by molar-refractivity contribution is -0.208.